The fourth-order valence-corrected chi connectivity index (χ4v) is 2.20. The van der Waals surface area contributed by atoms with E-state index in [-0.39, 0.29) is 11.0 Å². The molecule has 10 heteroatoms. The number of halogens is 4. The number of unbranched alkanes of at least 4 members (excludes halogenated alkanes) is 1. The first kappa shape index (κ1) is 16.9. The van der Waals surface area contributed by atoms with Crippen LogP contribution in [-0.4, -0.2) is 24.8 Å². The third kappa shape index (κ3) is 2.95. The van der Waals surface area contributed by atoms with Gasteiger partial charge in [0.1, 0.15) is 12.4 Å². The van der Waals surface area contributed by atoms with E-state index in [2.05, 4.69) is 4.18 Å². The molecule has 116 valence electrons. The SMILES string of the molecule is CCCCOS(=O)(=O)C(F)(F)C(F)(F)n1cc[n+](C)c1. The van der Waals surface area contributed by atoms with Crippen LogP contribution < -0.4 is 4.57 Å². The Labute approximate surface area is 113 Å². The summed E-state index contributed by atoms with van der Waals surface area (Å²) in [6.07, 6.45) is 3.02. The molecule has 1 aromatic rings. The Hall–Kier alpha value is -1.16. The molecule has 5 nitrogen and oxygen atoms in total. The predicted octanol–water partition coefficient (Wildman–Crippen LogP) is 1.60. The van der Waals surface area contributed by atoms with Crippen molar-refractivity contribution in [2.45, 2.75) is 31.1 Å². The van der Waals surface area contributed by atoms with Crippen LogP contribution in [0, 0.1) is 0 Å². The quantitative estimate of drug-likeness (QED) is 0.332. The topological polar surface area (TPSA) is 52.2 Å². The Morgan fingerprint density at radius 2 is 1.90 bits per heavy atom. The first-order valence-electron chi connectivity index (χ1n) is 5.74. The second kappa shape index (κ2) is 5.68. The molecule has 0 aliphatic carbocycles. The average Bonchev–Trinajstić information content (AvgIpc) is 2.76. The second-order valence-corrected chi connectivity index (χ2v) is 5.83. The van der Waals surface area contributed by atoms with Gasteiger partial charge in [0.25, 0.3) is 0 Å². The minimum Gasteiger partial charge on any atom is -0.265 e. The van der Waals surface area contributed by atoms with Gasteiger partial charge in [-0.1, -0.05) is 13.3 Å². The second-order valence-electron chi connectivity index (χ2n) is 4.17. The molecule has 20 heavy (non-hydrogen) atoms. The molecule has 1 heterocycles. The molecule has 0 fully saturated rings. The first-order valence-corrected chi connectivity index (χ1v) is 7.15. The largest absolute Gasteiger partial charge is 0.481 e. The summed E-state index contributed by atoms with van der Waals surface area (Å²) in [6.45, 7) is 1.10. The van der Waals surface area contributed by atoms with Crippen molar-refractivity contribution in [1.29, 1.82) is 0 Å². The smallest absolute Gasteiger partial charge is 0.265 e. The highest BCUT2D eigenvalue weighted by molar-refractivity contribution is 7.87. The van der Waals surface area contributed by atoms with Crippen LogP contribution in [0.4, 0.5) is 17.6 Å². The molecule has 0 N–H and O–H groups in total. The molecule has 0 radical (unpaired) electrons. The highest BCUT2D eigenvalue weighted by Crippen LogP contribution is 2.43. The van der Waals surface area contributed by atoms with Gasteiger partial charge < -0.3 is 0 Å². The van der Waals surface area contributed by atoms with Crippen molar-refractivity contribution in [2.75, 3.05) is 6.61 Å². The molecule has 0 bridgehead atoms. The Balaban J connectivity index is 3.07. The number of alkyl halides is 4. The molecule has 0 amide bonds. The molecule has 0 aliphatic rings. The van der Waals surface area contributed by atoms with E-state index >= 15 is 0 Å². The van der Waals surface area contributed by atoms with Gasteiger partial charge in [0, 0.05) is 0 Å². The van der Waals surface area contributed by atoms with Crippen LogP contribution >= 0.6 is 0 Å². The minimum absolute atomic E-state index is 0.166. The van der Waals surface area contributed by atoms with Crippen molar-refractivity contribution in [3.05, 3.63) is 18.7 Å². The van der Waals surface area contributed by atoms with Crippen molar-refractivity contribution in [3.8, 4) is 0 Å². The molecule has 1 aromatic heterocycles. The standard InChI is InChI=1S/C10H15F4N2O3S/c1-3-4-7-19-20(17,18)10(13,14)9(11,12)16-6-5-15(2)8-16/h5-6,8H,3-4,7H2,1-2H3/q+1. The maximum atomic E-state index is 13.7. The van der Waals surface area contributed by atoms with E-state index in [9.17, 15) is 26.0 Å². The van der Waals surface area contributed by atoms with E-state index in [0.29, 0.717) is 18.9 Å². The van der Waals surface area contributed by atoms with Crippen molar-refractivity contribution in [2.24, 2.45) is 7.05 Å². The number of aryl methyl sites for hydroxylation is 1. The van der Waals surface area contributed by atoms with Crippen LogP contribution in [0.3, 0.4) is 0 Å². The summed E-state index contributed by atoms with van der Waals surface area (Å²) >= 11 is 0. The highest BCUT2D eigenvalue weighted by atomic mass is 32.2. The van der Waals surface area contributed by atoms with Crippen molar-refractivity contribution in [3.63, 3.8) is 0 Å². The zero-order valence-corrected chi connectivity index (χ0v) is 11.7. The van der Waals surface area contributed by atoms with Gasteiger partial charge in [-0.25, -0.2) is 4.57 Å². The third-order valence-electron chi connectivity index (χ3n) is 2.49. The Morgan fingerprint density at radius 1 is 1.30 bits per heavy atom. The normalized spacial score (nSPS) is 13.7. The van der Waals surface area contributed by atoms with Gasteiger partial charge in [0.05, 0.1) is 13.7 Å². The molecule has 0 unspecified atom stereocenters. The van der Waals surface area contributed by atoms with Crippen LogP contribution in [0.15, 0.2) is 18.7 Å². The number of hydrogen-bond acceptors (Lipinski definition) is 3. The number of imidazole rings is 1. The fraction of sp³-hybridized carbons (Fsp3) is 0.700. The summed E-state index contributed by atoms with van der Waals surface area (Å²) in [5.41, 5.74) is 0. The van der Waals surface area contributed by atoms with E-state index < -0.39 is 28.0 Å². The van der Waals surface area contributed by atoms with Crippen LogP contribution in [0.2, 0.25) is 0 Å². The van der Waals surface area contributed by atoms with Gasteiger partial charge in [0.15, 0.2) is 0 Å². The Bertz CT molecular complexity index is 557. The highest BCUT2D eigenvalue weighted by Gasteiger charge is 2.72. The average molecular weight is 319 g/mol. The zero-order chi connectivity index (χ0) is 15.6. The van der Waals surface area contributed by atoms with Crippen LogP contribution in [-0.2, 0) is 27.4 Å². The van der Waals surface area contributed by atoms with Crippen molar-refractivity contribution >= 4 is 10.1 Å². The lowest BCUT2D eigenvalue weighted by Gasteiger charge is -2.22. The summed E-state index contributed by atoms with van der Waals surface area (Å²) in [5.74, 6) is 0. The van der Waals surface area contributed by atoms with E-state index in [1.54, 1.807) is 6.92 Å². The predicted molar refractivity (Wildman–Crippen MR) is 60.5 cm³/mol. The molecule has 0 aliphatic heterocycles. The van der Waals surface area contributed by atoms with E-state index in [1.807, 2.05) is 0 Å². The third-order valence-corrected chi connectivity index (χ3v) is 3.84. The van der Waals surface area contributed by atoms with Crippen molar-refractivity contribution < 1.29 is 34.7 Å². The molecule has 0 saturated carbocycles. The monoisotopic (exact) mass is 319 g/mol. The lowest BCUT2D eigenvalue weighted by molar-refractivity contribution is -0.671. The van der Waals surface area contributed by atoms with Gasteiger partial charge in [-0.2, -0.15) is 30.5 Å². The first-order chi connectivity index (χ1) is 9.06. The van der Waals surface area contributed by atoms with Crippen LogP contribution in [0.1, 0.15) is 19.8 Å². The Morgan fingerprint density at radius 3 is 2.35 bits per heavy atom. The summed E-state index contributed by atoms with van der Waals surface area (Å²) < 4.78 is 82.0. The zero-order valence-electron chi connectivity index (χ0n) is 10.9. The number of hydrogen-bond donors (Lipinski definition) is 0. The molecule has 0 atom stereocenters. The van der Waals surface area contributed by atoms with Gasteiger partial charge in [-0.15, -0.1) is 0 Å². The molecule has 0 spiro atoms. The molecule has 0 saturated heterocycles. The molecule has 0 aromatic carbocycles. The lowest BCUT2D eigenvalue weighted by atomic mass is 10.4. The molecular formula is C10H15F4N2O3S+. The van der Waals surface area contributed by atoms with Gasteiger partial charge in [-0.05, 0) is 6.42 Å². The maximum Gasteiger partial charge on any atom is 0.481 e. The maximum absolute atomic E-state index is 13.7. The number of aromatic nitrogens is 2. The van der Waals surface area contributed by atoms with Gasteiger partial charge >= 0.3 is 21.4 Å². The summed E-state index contributed by atoms with van der Waals surface area (Å²) in [4.78, 5) is 0. The van der Waals surface area contributed by atoms with E-state index in [0.717, 1.165) is 10.8 Å². The van der Waals surface area contributed by atoms with Crippen LogP contribution in [0.25, 0.3) is 0 Å². The molecular weight excluding hydrogens is 304 g/mol. The van der Waals surface area contributed by atoms with Crippen LogP contribution in [0.5, 0.6) is 0 Å². The molecule has 1 rings (SSSR count). The van der Waals surface area contributed by atoms with E-state index in [4.69, 9.17) is 0 Å². The minimum atomic E-state index is -5.74. The summed E-state index contributed by atoms with van der Waals surface area (Å²) in [5, 5.41) is -5.38. The van der Waals surface area contributed by atoms with Gasteiger partial charge in [0.2, 0.25) is 6.33 Å². The summed E-state index contributed by atoms with van der Waals surface area (Å²) in [6, 6.07) is -4.96. The van der Waals surface area contributed by atoms with Crippen molar-refractivity contribution in [1.82, 2.24) is 4.57 Å². The Kier molecular flexibility index (Phi) is 4.80. The number of rotatable bonds is 7. The van der Waals surface area contributed by atoms with E-state index in [1.165, 1.54) is 7.05 Å². The fourth-order valence-electron chi connectivity index (χ4n) is 1.30. The number of nitrogens with zero attached hydrogens (tertiary/aromatic N) is 2. The summed E-state index contributed by atoms with van der Waals surface area (Å²) in [7, 11) is -4.41. The lowest BCUT2D eigenvalue weighted by Crippen LogP contribution is -2.49. The van der Waals surface area contributed by atoms with Gasteiger partial charge in [-0.3, -0.25) is 4.18 Å².